The van der Waals surface area contributed by atoms with Crippen LogP contribution in [0.4, 0.5) is 17.5 Å². The van der Waals surface area contributed by atoms with E-state index in [-0.39, 0.29) is 35.8 Å². The van der Waals surface area contributed by atoms with Crippen LogP contribution in [0.25, 0.3) is 0 Å². The number of hydrogen-bond donors (Lipinski definition) is 3. The molecule has 1 unspecified atom stereocenters. The minimum Gasteiger partial charge on any atom is -0.394 e. The maximum atomic E-state index is 11.4. The minimum absolute atomic E-state index is 0.0639. The number of aryl methyl sites for hydroxylation is 1. The van der Waals surface area contributed by atoms with Crippen LogP contribution < -0.4 is 16.2 Å². The lowest BCUT2D eigenvalue weighted by Gasteiger charge is -2.29. The largest absolute Gasteiger partial charge is 0.394 e. The number of nitrogens with one attached hydrogen (secondary N) is 1. The highest BCUT2D eigenvalue weighted by Crippen LogP contribution is 2.33. The van der Waals surface area contributed by atoms with Gasteiger partial charge in [-0.1, -0.05) is 12.8 Å². The molecule has 2 heterocycles. The second-order valence-corrected chi connectivity index (χ2v) is 5.09. The predicted molar refractivity (Wildman–Crippen MR) is 77.9 cm³/mol. The van der Waals surface area contributed by atoms with E-state index in [0.717, 1.165) is 25.7 Å². The number of nitro groups is 1. The van der Waals surface area contributed by atoms with E-state index >= 15 is 0 Å². The van der Waals surface area contributed by atoms with Crippen molar-refractivity contribution < 1.29 is 10.0 Å². The van der Waals surface area contributed by atoms with Gasteiger partial charge in [-0.15, -0.1) is 0 Å². The van der Waals surface area contributed by atoms with Gasteiger partial charge in [0.05, 0.1) is 17.6 Å². The molecule has 1 aromatic rings. The van der Waals surface area contributed by atoms with Gasteiger partial charge in [-0.25, -0.2) is 10.8 Å². The minimum atomic E-state index is -0.482. The highest BCUT2D eigenvalue weighted by Gasteiger charge is 2.31. The SMILES string of the molecule is Cc1nc(NN)nc(N2CCCCCC2CO)c1[N+](=O)[O-]. The van der Waals surface area contributed by atoms with Crippen LogP contribution in [-0.4, -0.2) is 39.2 Å². The monoisotopic (exact) mass is 296 g/mol. The Labute approximate surface area is 122 Å². The number of anilines is 2. The van der Waals surface area contributed by atoms with Gasteiger partial charge in [0.2, 0.25) is 11.8 Å². The standard InChI is InChI=1S/C12H20N6O3/c1-8-10(18(20)21)11(15-12(14-8)16-13)17-6-4-2-3-5-9(17)7-19/h9,19H,2-7,13H2,1H3,(H,14,15,16). The molecule has 0 spiro atoms. The molecule has 0 bridgehead atoms. The van der Waals surface area contributed by atoms with Crippen molar-refractivity contribution in [3.63, 3.8) is 0 Å². The van der Waals surface area contributed by atoms with Gasteiger partial charge >= 0.3 is 5.69 Å². The van der Waals surface area contributed by atoms with Gasteiger partial charge in [-0.3, -0.25) is 15.5 Å². The highest BCUT2D eigenvalue weighted by molar-refractivity contribution is 5.63. The van der Waals surface area contributed by atoms with Crippen molar-refractivity contribution in [2.24, 2.45) is 5.84 Å². The summed E-state index contributed by atoms with van der Waals surface area (Å²) in [4.78, 5) is 20.8. The maximum Gasteiger partial charge on any atom is 0.332 e. The van der Waals surface area contributed by atoms with Gasteiger partial charge in [-0.05, 0) is 19.8 Å². The van der Waals surface area contributed by atoms with E-state index in [1.165, 1.54) is 0 Å². The summed E-state index contributed by atoms with van der Waals surface area (Å²) in [5, 5.41) is 20.9. The van der Waals surface area contributed by atoms with Crippen LogP contribution in [0.5, 0.6) is 0 Å². The summed E-state index contributed by atoms with van der Waals surface area (Å²) >= 11 is 0. The Balaban J connectivity index is 2.52. The maximum absolute atomic E-state index is 11.4. The van der Waals surface area contributed by atoms with Gasteiger partial charge in [-0.2, -0.15) is 4.98 Å². The van der Waals surface area contributed by atoms with Crippen molar-refractivity contribution in [1.82, 2.24) is 9.97 Å². The Hall–Kier alpha value is -2.00. The van der Waals surface area contributed by atoms with E-state index in [4.69, 9.17) is 5.84 Å². The first kappa shape index (κ1) is 15.4. The highest BCUT2D eigenvalue weighted by atomic mass is 16.6. The van der Waals surface area contributed by atoms with Crippen molar-refractivity contribution in [3.05, 3.63) is 15.8 Å². The Morgan fingerprint density at radius 1 is 1.48 bits per heavy atom. The van der Waals surface area contributed by atoms with Crippen molar-refractivity contribution in [1.29, 1.82) is 0 Å². The summed E-state index contributed by atoms with van der Waals surface area (Å²) in [6.07, 6.45) is 3.71. The second kappa shape index (κ2) is 6.64. The third-order valence-electron chi connectivity index (χ3n) is 3.71. The first-order valence-corrected chi connectivity index (χ1v) is 6.95. The van der Waals surface area contributed by atoms with Gasteiger partial charge in [0, 0.05) is 6.54 Å². The quantitative estimate of drug-likeness (QED) is 0.421. The van der Waals surface area contributed by atoms with Crippen molar-refractivity contribution in [2.45, 2.75) is 38.6 Å². The van der Waals surface area contributed by atoms with Crippen LogP contribution >= 0.6 is 0 Å². The van der Waals surface area contributed by atoms with E-state index in [9.17, 15) is 15.2 Å². The third kappa shape index (κ3) is 3.19. The molecule has 0 aliphatic carbocycles. The molecule has 2 rings (SSSR count). The smallest absolute Gasteiger partial charge is 0.332 e. The van der Waals surface area contributed by atoms with E-state index in [2.05, 4.69) is 15.4 Å². The normalized spacial score (nSPS) is 19.2. The van der Waals surface area contributed by atoms with Crippen LogP contribution in [0.3, 0.4) is 0 Å². The van der Waals surface area contributed by atoms with E-state index in [0.29, 0.717) is 6.54 Å². The van der Waals surface area contributed by atoms with Crippen LogP contribution in [0.1, 0.15) is 31.4 Å². The number of nitrogen functional groups attached to an aromatic ring is 1. The van der Waals surface area contributed by atoms with Crippen LogP contribution in [0, 0.1) is 17.0 Å². The number of aliphatic hydroxyl groups excluding tert-OH is 1. The molecule has 1 atom stereocenters. The molecule has 0 amide bonds. The zero-order chi connectivity index (χ0) is 15.4. The van der Waals surface area contributed by atoms with Crippen molar-refractivity contribution in [2.75, 3.05) is 23.5 Å². The fraction of sp³-hybridized carbons (Fsp3) is 0.667. The van der Waals surface area contributed by atoms with Crippen molar-refractivity contribution in [3.8, 4) is 0 Å². The Morgan fingerprint density at radius 2 is 2.24 bits per heavy atom. The van der Waals surface area contributed by atoms with Gasteiger partial charge in [0.1, 0.15) is 5.69 Å². The number of hydrazine groups is 1. The Morgan fingerprint density at radius 3 is 2.86 bits per heavy atom. The van der Waals surface area contributed by atoms with Gasteiger partial charge < -0.3 is 10.0 Å². The number of rotatable bonds is 4. The Bertz CT molecular complexity index is 524. The molecule has 116 valence electrons. The lowest BCUT2D eigenvalue weighted by atomic mass is 10.1. The molecule has 1 aromatic heterocycles. The molecule has 21 heavy (non-hydrogen) atoms. The molecule has 1 aliphatic heterocycles. The average molecular weight is 296 g/mol. The molecule has 0 saturated carbocycles. The molecule has 9 nitrogen and oxygen atoms in total. The number of aromatic nitrogens is 2. The molecule has 4 N–H and O–H groups in total. The number of nitrogens with two attached hydrogens (primary N) is 1. The lowest BCUT2D eigenvalue weighted by Crippen LogP contribution is -2.39. The second-order valence-electron chi connectivity index (χ2n) is 5.09. The molecule has 1 fully saturated rings. The molecule has 1 aliphatic rings. The summed E-state index contributed by atoms with van der Waals surface area (Å²) in [5.74, 6) is 5.69. The first-order chi connectivity index (χ1) is 10.1. The van der Waals surface area contributed by atoms with Gasteiger partial charge in [0.15, 0.2) is 0 Å². The van der Waals surface area contributed by atoms with E-state index < -0.39 is 4.92 Å². The molecule has 0 radical (unpaired) electrons. The Kier molecular flexibility index (Phi) is 4.86. The fourth-order valence-corrected chi connectivity index (χ4v) is 2.68. The number of aliphatic hydroxyl groups is 1. The predicted octanol–water partition coefficient (Wildman–Crippen LogP) is 0.720. The molecule has 1 saturated heterocycles. The molecular formula is C12H20N6O3. The van der Waals surface area contributed by atoms with Crippen molar-refractivity contribution >= 4 is 17.5 Å². The van der Waals surface area contributed by atoms with Crippen LogP contribution in [0.2, 0.25) is 0 Å². The summed E-state index contributed by atoms with van der Waals surface area (Å²) in [6.45, 7) is 2.11. The average Bonchev–Trinajstić information content (AvgIpc) is 2.70. The summed E-state index contributed by atoms with van der Waals surface area (Å²) < 4.78 is 0. The third-order valence-corrected chi connectivity index (χ3v) is 3.71. The van der Waals surface area contributed by atoms with Crippen LogP contribution in [-0.2, 0) is 0 Å². The molecule has 0 aromatic carbocycles. The van der Waals surface area contributed by atoms with E-state index in [1.807, 2.05) is 0 Å². The zero-order valence-electron chi connectivity index (χ0n) is 11.9. The fourth-order valence-electron chi connectivity index (χ4n) is 2.68. The number of nitrogens with zero attached hydrogens (tertiary/aromatic N) is 4. The van der Waals surface area contributed by atoms with Crippen LogP contribution in [0.15, 0.2) is 0 Å². The van der Waals surface area contributed by atoms with E-state index in [1.54, 1.807) is 11.8 Å². The summed E-state index contributed by atoms with van der Waals surface area (Å²) in [5.41, 5.74) is 2.45. The number of hydrogen-bond acceptors (Lipinski definition) is 8. The zero-order valence-corrected chi connectivity index (χ0v) is 11.9. The topological polar surface area (TPSA) is 130 Å². The molecule has 9 heteroatoms. The first-order valence-electron chi connectivity index (χ1n) is 6.95. The molecular weight excluding hydrogens is 276 g/mol. The van der Waals surface area contributed by atoms with Gasteiger partial charge in [0.25, 0.3) is 0 Å². The lowest BCUT2D eigenvalue weighted by molar-refractivity contribution is -0.385. The summed E-state index contributed by atoms with van der Waals surface area (Å²) in [7, 11) is 0. The summed E-state index contributed by atoms with van der Waals surface area (Å²) in [6, 6.07) is -0.175.